The summed E-state index contributed by atoms with van der Waals surface area (Å²) in [6.07, 6.45) is 3.69. The van der Waals surface area contributed by atoms with Crippen LogP contribution in [0.2, 0.25) is 0 Å². The van der Waals surface area contributed by atoms with Crippen LogP contribution in [0.25, 0.3) is 0 Å². The van der Waals surface area contributed by atoms with E-state index in [1.54, 1.807) is 12.3 Å². The van der Waals surface area contributed by atoms with Crippen molar-refractivity contribution in [1.29, 1.82) is 0 Å². The molecule has 2 heterocycles. The Morgan fingerprint density at radius 1 is 1.43 bits per heavy atom. The first-order chi connectivity index (χ1) is 11.0. The molecule has 6 heteroatoms. The van der Waals surface area contributed by atoms with E-state index in [2.05, 4.69) is 15.6 Å². The molecule has 1 unspecified atom stereocenters. The summed E-state index contributed by atoms with van der Waals surface area (Å²) in [6.45, 7) is 7.72. The molecule has 1 atom stereocenters. The summed E-state index contributed by atoms with van der Waals surface area (Å²) in [7, 11) is 0. The number of urea groups is 1. The van der Waals surface area contributed by atoms with E-state index >= 15 is 0 Å². The molecular weight excluding hydrogens is 292 g/mol. The maximum absolute atomic E-state index is 12.4. The van der Waals surface area contributed by atoms with Gasteiger partial charge in [-0.25, -0.2) is 4.79 Å². The molecular formula is C17H26N4O2. The van der Waals surface area contributed by atoms with Gasteiger partial charge in [-0.1, -0.05) is 13.8 Å². The lowest BCUT2D eigenvalue weighted by molar-refractivity contribution is -0.124. The van der Waals surface area contributed by atoms with E-state index < -0.39 is 0 Å². The van der Waals surface area contributed by atoms with Crippen LogP contribution in [-0.2, 0) is 4.79 Å². The fraction of sp³-hybridized carbons (Fsp3) is 0.588. The SMILES string of the molecule is Cc1cc(NC(=O)N2CCCC(CNC(=O)C(C)C)C2)ccn1. The Bertz CT molecular complexity index is 559. The number of nitrogens with one attached hydrogen (secondary N) is 2. The Labute approximate surface area is 137 Å². The molecule has 0 aromatic carbocycles. The highest BCUT2D eigenvalue weighted by atomic mass is 16.2. The summed E-state index contributed by atoms with van der Waals surface area (Å²) in [4.78, 5) is 30.0. The first-order valence-corrected chi connectivity index (χ1v) is 8.22. The number of anilines is 1. The lowest BCUT2D eigenvalue weighted by atomic mass is 9.98. The van der Waals surface area contributed by atoms with Gasteiger partial charge in [-0.05, 0) is 37.8 Å². The highest BCUT2D eigenvalue weighted by Crippen LogP contribution is 2.17. The van der Waals surface area contributed by atoms with Crippen molar-refractivity contribution < 1.29 is 9.59 Å². The average Bonchev–Trinajstić information content (AvgIpc) is 2.52. The number of likely N-dealkylation sites (tertiary alicyclic amines) is 1. The number of aromatic nitrogens is 1. The molecule has 1 aromatic rings. The normalized spacial score (nSPS) is 17.9. The van der Waals surface area contributed by atoms with Gasteiger partial charge >= 0.3 is 6.03 Å². The minimum Gasteiger partial charge on any atom is -0.356 e. The molecule has 1 fully saturated rings. The van der Waals surface area contributed by atoms with Gasteiger partial charge in [-0.15, -0.1) is 0 Å². The summed E-state index contributed by atoms with van der Waals surface area (Å²) in [5, 5.41) is 5.88. The Hall–Kier alpha value is -2.11. The molecule has 6 nitrogen and oxygen atoms in total. The van der Waals surface area contributed by atoms with Crippen LogP contribution in [0.3, 0.4) is 0 Å². The zero-order valence-corrected chi connectivity index (χ0v) is 14.1. The third-order valence-corrected chi connectivity index (χ3v) is 4.04. The Morgan fingerprint density at radius 3 is 2.91 bits per heavy atom. The molecule has 1 saturated heterocycles. The molecule has 0 aliphatic carbocycles. The van der Waals surface area contributed by atoms with Crippen molar-refractivity contribution in [3.63, 3.8) is 0 Å². The van der Waals surface area contributed by atoms with Gasteiger partial charge in [-0.2, -0.15) is 0 Å². The first-order valence-electron chi connectivity index (χ1n) is 8.22. The maximum Gasteiger partial charge on any atom is 0.321 e. The standard InChI is InChI=1S/C17H26N4O2/c1-12(2)16(22)19-10-14-5-4-8-21(11-14)17(23)20-15-6-7-18-13(3)9-15/h6-7,9,12,14H,4-5,8,10-11H2,1-3H3,(H,19,22)(H,18,20,23). The molecule has 0 saturated carbocycles. The van der Waals surface area contributed by atoms with Crippen LogP contribution in [0.5, 0.6) is 0 Å². The summed E-state index contributed by atoms with van der Waals surface area (Å²) >= 11 is 0. The minimum absolute atomic E-state index is 0.00655. The van der Waals surface area contributed by atoms with Crippen LogP contribution in [0.1, 0.15) is 32.4 Å². The van der Waals surface area contributed by atoms with Crippen LogP contribution >= 0.6 is 0 Å². The molecule has 23 heavy (non-hydrogen) atoms. The fourth-order valence-corrected chi connectivity index (χ4v) is 2.69. The predicted molar refractivity (Wildman–Crippen MR) is 90.1 cm³/mol. The van der Waals surface area contributed by atoms with Crippen LogP contribution in [0.15, 0.2) is 18.3 Å². The third-order valence-electron chi connectivity index (χ3n) is 4.04. The Kier molecular flexibility index (Phi) is 5.96. The summed E-state index contributed by atoms with van der Waals surface area (Å²) < 4.78 is 0. The highest BCUT2D eigenvalue weighted by molar-refractivity contribution is 5.89. The molecule has 1 aliphatic heterocycles. The van der Waals surface area contributed by atoms with Crippen molar-refractivity contribution in [2.24, 2.45) is 11.8 Å². The van der Waals surface area contributed by atoms with E-state index in [-0.39, 0.29) is 17.9 Å². The van der Waals surface area contributed by atoms with E-state index in [9.17, 15) is 9.59 Å². The molecule has 2 rings (SSSR count). The molecule has 0 bridgehead atoms. The lowest BCUT2D eigenvalue weighted by Gasteiger charge is -2.33. The number of nitrogens with zero attached hydrogens (tertiary/aromatic N) is 2. The van der Waals surface area contributed by atoms with Gasteiger partial charge in [0.25, 0.3) is 0 Å². The van der Waals surface area contributed by atoms with E-state index in [1.165, 1.54) is 0 Å². The number of rotatable bonds is 4. The summed E-state index contributed by atoms with van der Waals surface area (Å²) in [5.41, 5.74) is 1.63. The number of carbonyl (C=O) groups is 2. The van der Waals surface area contributed by atoms with E-state index in [4.69, 9.17) is 0 Å². The topological polar surface area (TPSA) is 74.3 Å². The van der Waals surface area contributed by atoms with Crippen LogP contribution < -0.4 is 10.6 Å². The molecule has 126 valence electrons. The maximum atomic E-state index is 12.4. The largest absolute Gasteiger partial charge is 0.356 e. The number of carbonyl (C=O) groups excluding carboxylic acids is 2. The smallest absolute Gasteiger partial charge is 0.321 e. The van der Waals surface area contributed by atoms with Crippen LogP contribution in [-0.4, -0.2) is 41.5 Å². The third kappa shape index (κ3) is 5.23. The van der Waals surface area contributed by atoms with Crippen molar-refractivity contribution in [3.8, 4) is 0 Å². The van der Waals surface area contributed by atoms with Crippen molar-refractivity contribution >= 4 is 17.6 Å². The predicted octanol–water partition coefficient (Wildman–Crippen LogP) is 2.41. The number of amides is 3. The summed E-state index contributed by atoms with van der Waals surface area (Å²) in [5.74, 6) is 0.378. The fourth-order valence-electron chi connectivity index (χ4n) is 2.69. The minimum atomic E-state index is -0.0875. The molecule has 2 N–H and O–H groups in total. The van der Waals surface area contributed by atoms with Gasteiger partial charge in [0.05, 0.1) is 0 Å². The van der Waals surface area contributed by atoms with Gasteiger partial charge in [0.1, 0.15) is 0 Å². The van der Waals surface area contributed by atoms with Gasteiger partial charge in [0, 0.05) is 43.1 Å². The van der Waals surface area contributed by atoms with Gasteiger partial charge < -0.3 is 15.5 Å². The second kappa shape index (κ2) is 7.94. The van der Waals surface area contributed by atoms with E-state index in [1.807, 2.05) is 31.7 Å². The van der Waals surface area contributed by atoms with Crippen LogP contribution in [0.4, 0.5) is 10.5 Å². The zero-order valence-electron chi connectivity index (χ0n) is 14.1. The second-order valence-corrected chi connectivity index (χ2v) is 6.47. The number of pyridine rings is 1. The number of hydrogen-bond acceptors (Lipinski definition) is 3. The number of hydrogen-bond donors (Lipinski definition) is 2. The van der Waals surface area contributed by atoms with Crippen LogP contribution in [0, 0.1) is 18.8 Å². The van der Waals surface area contributed by atoms with Crippen molar-refractivity contribution in [3.05, 3.63) is 24.0 Å². The van der Waals surface area contributed by atoms with Gasteiger partial charge in [0.15, 0.2) is 0 Å². The zero-order chi connectivity index (χ0) is 16.8. The monoisotopic (exact) mass is 318 g/mol. The highest BCUT2D eigenvalue weighted by Gasteiger charge is 2.24. The van der Waals surface area contributed by atoms with Gasteiger partial charge in [-0.3, -0.25) is 9.78 Å². The molecule has 0 spiro atoms. The summed E-state index contributed by atoms with van der Waals surface area (Å²) in [6, 6.07) is 3.55. The van der Waals surface area contributed by atoms with E-state index in [0.717, 1.165) is 30.8 Å². The van der Waals surface area contributed by atoms with Crippen molar-refractivity contribution in [2.45, 2.75) is 33.6 Å². The lowest BCUT2D eigenvalue weighted by Crippen LogP contribution is -2.45. The number of piperidine rings is 1. The molecule has 3 amide bonds. The molecule has 1 aliphatic rings. The Morgan fingerprint density at radius 2 is 2.22 bits per heavy atom. The average molecular weight is 318 g/mol. The van der Waals surface area contributed by atoms with Crippen molar-refractivity contribution in [2.75, 3.05) is 25.0 Å². The quantitative estimate of drug-likeness (QED) is 0.895. The van der Waals surface area contributed by atoms with Gasteiger partial charge in [0.2, 0.25) is 5.91 Å². The number of aryl methyl sites for hydroxylation is 1. The second-order valence-electron chi connectivity index (χ2n) is 6.47. The molecule has 0 radical (unpaired) electrons. The molecule has 1 aromatic heterocycles. The Balaban J connectivity index is 1.85. The van der Waals surface area contributed by atoms with E-state index in [0.29, 0.717) is 19.0 Å². The first kappa shape index (κ1) is 17.2. The van der Waals surface area contributed by atoms with Crippen molar-refractivity contribution in [1.82, 2.24) is 15.2 Å².